The average Bonchev–Trinajstić information content (AvgIpc) is 2.77. The van der Waals surface area contributed by atoms with Crippen LogP contribution in [0, 0.1) is 5.82 Å². The van der Waals surface area contributed by atoms with Crippen molar-refractivity contribution in [1.82, 2.24) is 9.78 Å². The molecule has 3 nitrogen and oxygen atoms in total. The maximum absolute atomic E-state index is 12.7. The fourth-order valence-corrected chi connectivity index (χ4v) is 1.47. The summed E-state index contributed by atoms with van der Waals surface area (Å²) in [5, 5.41) is 7.12. The lowest BCUT2D eigenvalue weighted by Gasteiger charge is -2.03. The zero-order valence-electron chi connectivity index (χ0n) is 9.24. The highest BCUT2D eigenvalue weighted by molar-refractivity contribution is 5.39. The fourth-order valence-electron chi connectivity index (χ4n) is 1.47. The van der Waals surface area contributed by atoms with E-state index in [1.807, 2.05) is 0 Å². The molecule has 0 bridgehead atoms. The summed E-state index contributed by atoms with van der Waals surface area (Å²) in [6.07, 6.45) is 3.38. The Morgan fingerprint density at radius 2 is 2.00 bits per heavy atom. The Morgan fingerprint density at radius 3 is 2.71 bits per heavy atom. The zero-order chi connectivity index (χ0) is 12.1. The van der Waals surface area contributed by atoms with E-state index >= 15 is 0 Å². The molecule has 0 amide bonds. The molecule has 1 N–H and O–H groups in total. The first-order valence-corrected chi connectivity index (χ1v) is 5.34. The van der Waals surface area contributed by atoms with E-state index in [2.05, 4.69) is 10.4 Å². The summed E-state index contributed by atoms with van der Waals surface area (Å²) in [6, 6.07) is 6.27. The Hall–Kier alpha value is -1.91. The number of benzene rings is 1. The third-order valence-corrected chi connectivity index (χ3v) is 2.36. The molecule has 90 valence electrons. The van der Waals surface area contributed by atoms with Crippen molar-refractivity contribution in [2.45, 2.75) is 13.1 Å². The summed E-state index contributed by atoms with van der Waals surface area (Å²) in [5.41, 5.74) is 1.80. The van der Waals surface area contributed by atoms with Crippen molar-refractivity contribution in [1.29, 1.82) is 0 Å². The molecule has 1 aromatic heterocycles. The molecule has 0 aliphatic carbocycles. The third-order valence-electron chi connectivity index (χ3n) is 2.36. The van der Waals surface area contributed by atoms with Crippen LogP contribution in [0.2, 0.25) is 0 Å². The van der Waals surface area contributed by atoms with Crippen LogP contribution in [0.25, 0.3) is 0 Å². The van der Waals surface area contributed by atoms with Gasteiger partial charge in [-0.25, -0.2) is 8.78 Å². The summed E-state index contributed by atoms with van der Waals surface area (Å²) in [5.74, 6) is -0.246. The summed E-state index contributed by atoms with van der Waals surface area (Å²) >= 11 is 0. The normalized spacial score (nSPS) is 10.5. The van der Waals surface area contributed by atoms with Crippen molar-refractivity contribution in [2.75, 3.05) is 12.0 Å². The van der Waals surface area contributed by atoms with Crippen LogP contribution < -0.4 is 5.32 Å². The van der Waals surface area contributed by atoms with Crippen molar-refractivity contribution in [3.8, 4) is 0 Å². The van der Waals surface area contributed by atoms with E-state index in [1.54, 1.807) is 24.5 Å². The predicted octanol–water partition coefficient (Wildman–Crippen LogP) is 2.60. The first kappa shape index (κ1) is 11.6. The quantitative estimate of drug-likeness (QED) is 0.866. The lowest BCUT2D eigenvalue weighted by Crippen LogP contribution is -2.00. The SMILES string of the molecule is FCCn1cc(NCc2ccc(F)cc2)cn1. The highest BCUT2D eigenvalue weighted by Gasteiger charge is 1.98. The van der Waals surface area contributed by atoms with Gasteiger partial charge in [0, 0.05) is 12.7 Å². The first-order valence-electron chi connectivity index (χ1n) is 5.34. The van der Waals surface area contributed by atoms with Crippen LogP contribution >= 0.6 is 0 Å². The molecular formula is C12H13F2N3. The topological polar surface area (TPSA) is 29.9 Å². The van der Waals surface area contributed by atoms with Crippen LogP contribution in [0.3, 0.4) is 0 Å². The van der Waals surface area contributed by atoms with Crippen molar-refractivity contribution in [3.05, 3.63) is 48.0 Å². The third kappa shape index (κ3) is 3.27. The number of halogens is 2. The molecule has 1 heterocycles. The van der Waals surface area contributed by atoms with Crippen LogP contribution in [0.5, 0.6) is 0 Å². The largest absolute Gasteiger partial charge is 0.378 e. The van der Waals surface area contributed by atoms with Gasteiger partial charge in [0.2, 0.25) is 0 Å². The number of hydrogen-bond donors (Lipinski definition) is 1. The molecule has 5 heteroatoms. The molecule has 0 radical (unpaired) electrons. The fraction of sp³-hybridized carbons (Fsp3) is 0.250. The van der Waals surface area contributed by atoms with E-state index in [0.29, 0.717) is 6.54 Å². The Morgan fingerprint density at radius 1 is 1.24 bits per heavy atom. The molecule has 2 aromatic rings. The van der Waals surface area contributed by atoms with Crippen LogP contribution in [0.15, 0.2) is 36.7 Å². The molecule has 0 spiro atoms. The second-order valence-corrected chi connectivity index (χ2v) is 3.66. The van der Waals surface area contributed by atoms with E-state index in [-0.39, 0.29) is 12.4 Å². The van der Waals surface area contributed by atoms with Gasteiger partial charge in [0.1, 0.15) is 12.5 Å². The molecule has 0 aliphatic rings. The van der Waals surface area contributed by atoms with E-state index < -0.39 is 6.67 Å². The van der Waals surface area contributed by atoms with Gasteiger partial charge in [-0.2, -0.15) is 5.10 Å². The van der Waals surface area contributed by atoms with Crippen molar-refractivity contribution >= 4 is 5.69 Å². The first-order chi connectivity index (χ1) is 8.28. The minimum Gasteiger partial charge on any atom is -0.378 e. The Balaban J connectivity index is 1.90. The number of hydrogen-bond acceptors (Lipinski definition) is 2. The molecule has 17 heavy (non-hydrogen) atoms. The molecule has 0 aliphatic heterocycles. The highest BCUT2D eigenvalue weighted by Crippen LogP contribution is 2.08. The number of nitrogens with one attached hydrogen (secondary N) is 1. The number of alkyl halides is 1. The summed E-state index contributed by atoms with van der Waals surface area (Å²) < 4.78 is 26.3. The summed E-state index contributed by atoms with van der Waals surface area (Å²) in [4.78, 5) is 0. The van der Waals surface area contributed by atoms with Gasteiger partial charge >= 0.3 is 0 Å². The summed E-state index contributed by atoms with van der Waals surface area (Å²) in [6.45, 7) is 0.416. The minimum absolute atomic E-state index is 0.246. The Kier molecular flexibility index (Phi) is 3.69. The van der Waals surface area contributed by atoms with Gasteiger partial charge in [0.05, 0.1) is 18.4 Å². The molecule has 0 saturated carbocycles. The van der Waals surface area contributed by atoms with Crippen molar-refractivity contribution in [2.24, 2.45) is 0 Å². The highest BCUT2D eigenvalue weighted by atomic mass is 19.1. The van der Waals surface area contributed by atoms with Crippen LogP contribution in [-0.2, 0) is 13.1 Å². The molecule has 0 atom stereocenters. The maximum atomic E-state index is 12.7. The van der Waals surface area contributed by atoms with E-state index in [9.17, 15) is 8.78 Å². The second kappa shape index (κ2) is 5.43. The lowest BCUT2D eigenvalue weighted by molar-refractivity contribution is 0.427. The van der Waals surface area contributed by atoms with E-state index in [1.165, 1.54) is 16.8 Å². The van der Waals surface area contributed by atoms with Crippen molar-refractivity contribution < 1.29 is 8.78 Å². The monoisotopic (exact) mass is 237 g/mol. The number of anilines is 1. The molecular weight excluding hydrogens is 224 g/mol. The Bertz CT molecular complexity index is 465. The summed E-state index contributed by atoms with van der Waals surface area (Å²) in [7, 11) is 0. The average molecular weight is 237 g/mol. The van der Waals surface area contributed by atoms with Gasteiger partial charge in [-0.15, -0.1) is 0 Å². The zero-order valence-corrected chi connectivity index (χ0v) is 9.24. The van der Waals surface area contributed by atoms with Gasteiger partial charge in [-0.1, -0.05) is 12.1 Å². The van der Waals surface area contributed by atoms with Crippen LogP contribution in [-0.4, -0.2) is 16.5 Å². The van der Waals surface area contributed by atoms with Gasteiger partial charge < -0.3 is 5.32 Å². The smallest absolute Gasteiger partial charge is 0.123 e. The van der Waals surface area contributed by atoms with Crippen LogP contribution in [0.1, 0.15) is 5.56 Å². The molecule has 1 aromatic carbocycles. The number of aromatic nitrogens is 2. The number of aryl methyl sites for hydroxylation is 1. The van der Waals surface area contributed by atoms with Crippen LogP contribution in [0.4, 0.5) is 14.5 Å². The maximum Gasteiger partial charge on any atom is 0.123 e. The Labute approximate surface area is 98.1 Å². The number of rotatable bonds is 5. The number of nitrogens with zero attached hydrogens (tertiary/aromatic N) is 2. The van der Waals surface area contributed by atoms with Gasteiger partial charge in [-0.3, -0.25) is 4.68 Å². The van der Waals surface area contributed by atoms with Gasteiger partial charge in [0.15, 0.2) is 0 Å². The standard InChI is InChI=1S/C12H13F2N3/c13-5-6-17-9-12(8-16-17)15-7-10-1-3-11(14)4-2-10/h1-4,8-9,15H,5-7H2. The molecule has 0 fully saturated rings. The predicted molar refractivity (Wildman–Crippen MR) is 61.9 cm³/mol. The molecule has 2 rings (SSSR count). The molecule has 0 saturated heterocycles. The lowest BCUT2D eigenvalue weighted by atomic mass is 10.2. The second-order valence-electron chi connectivity index (χ2n) is 3.66. The minimum atomic E-state index is -0.431. The molecule has 0 unspecified atom stereocenters. The van der Waals surface area contributed by atoms with Gasteiger partial charge in [0.25, 0.3) is 0 Å². The van der Waals surface area contributed by atoms with Crippen molar-refractivity contribution in [3.63, 3.8) is 0 Å². The van der Waals surface area contributed by atoms with E-state index in [0.717, 1.165) is 11.3 Å². The van der Waals surface area contributed by atoms with Gasteiger partial charge in [-0.05, 0) is 17.7 Å². The van der Waals surface area contributed by atoms with E-state index in [4.69, 9.17) is 0 Å².